The van der Waals surface area contributed by atoms with Crippen LogP contribution in [0, 0.1) is 11.3 Å². The van der Waals surface area contributed by atoms with E-state index < -0.39 is 74.7 Å². The molecule has 1 aromatic carbocycles. The number of amides is 3. The zero-order valence-corrected chi connectivity index (χ0v) is 31.5. The van der Waals surface area contributed by atoms with Gasteiger partial charge in [0, 0.05) is 34.2 Å². The lowest BCUT2D eigenvalue weighted by atomic mass is 9.85. The molecule has 0 spiro atoms. The fourth-order valence-electron chi connectivity index (χ4n) is 6.58. The van der Waals surface area contributed by atoms with Gasteiger partial charge in [0.1, 0.15) is 29.5 Å². The van der Waals surface area contributed by atoms with E-state index in [1.54, 1.807) is 39.0 Å². The first kappa shape index (κ1) is 38.9. The number of carbonyl (C=O) groups is 3. The number of hydrogen-bond donors (Lipinski definition) is 3. The van der Waals surface area contributed by atoms with Gasteiger partial charge in [-0.05, 0) is 48.9 Å². The van der Waals surface area contributed by atoms with E-state index in [9.17, 15) is 31.6 Å². The third kappa shape index (κ3) is 8.16. The molecule has 5 atom stereocenters. The Kier molecular flexibility index (Phi) is 10.7. The minimum atomic E-state index is -3.93. The summed E-state index contributed by atoms with van der Waals surface area (Å²) in [5.74, 6) is -2.29. The predicted octanol–water partition coefficient (Wildman–Crippen LogP) is 4.44. The standard InChI is InChI=1S/C36H41ClF2N6O8S/c1-6-19-15-36(19,33(48)44-54(49,50)23-9-10-23)43-30(46)26-14-22(52-31-25-13-20(37)7-11-24(25)27(51-5)17-41-31)18-45(26)32(47)29(35(2,3)4)42-21-8-12-28(40-16-21)53-34(38)39/h6-8,11-13,16-17,19,22-23,26,29,34,42H,1,9-10,14-15,18H2,2-5H3,(H,43,46)(H,44,48)/t19-,22-,26+,29?,36-/m1/s1. The molecule has 0 radical (unpaired) electrons. The Hall–Kier alpha value is -4.77. The first-order valence-electron chi connectivity index (χ1n) is 17.2. The summed E-state index contributed by atoms with van der Waals surface area (Å²) in [6, 6.07) is 5.60. The maximum absolute atomic E-state index is 14.6. The number of aromatic nitrogens is 2. The normalized spacial score (nSPS) is 23.0. The molecule has 1 aliphatic heterocycles. The number of anilines is 1. The van der Waals surface area contributed by atoms with Gasteiger partial charge in [-0.2, -0.15) is 8.78 Å². The molecule has 3 amide bonds. The third-order valence-electron chi connectivity index (χ3n) is 9.74. The highest BCUT2D eigenvalue weighted by atomic mass is 35.5. The van der Waals surface area contributed by atoms with Crippen molar-refractivity contribution in [3.8, 4) is 17.5 Å². The molecule has 3 aromatic rings. The molecule has 3 heterocycles. The lowest BCUT2D eigenvalue weighted by Gasteiger charge is -2.36. The average Bonchev–Trinajstić information content (AvgIpc) is 4.04. The van der Waals surface area contributed by atoms with Gasteiger partial charge in [-0.1, -0.05) is 38.4 Å². The van der Waals surface area contributed by atoms with Crippen molar-refractivity contribution < 1.29 is 45.8 Å². The number of likely N-dealkylation sites (tertiary alicyclic amines) is 1. The fraction of sp³-hybridized carbons (Fsp3) is 0.472. The quantitative estimate of drug-likeness (QED) is 0.197. The summed E-state index contributed by atoms with van der Waals surface area (Å²) in [5, 5.41) is 6.85. The Morgan fingerprint density at radius 3 is 2.44 bits per heavy atom. The van der Waals surface area contributed by atoms with Gasteiger partial charge in [0.2, 0.25) is 33.6 Å². The molecule has 2 saturated carbocycles. The van der Waals surface area contributed by atoms with E-state index in [0.717, 1.165) is 0 Å². The maximum atomic E-state index is 14.6. The number of alkyl halides is 2. The molecule has 14 nitrogen and oxygen atoms in total. The summed E-state index contributed by atoms with van der Waals surface area (Å²) in [5.41, 5.74) is -2.04. The van der Waals surface area contributed by atoms with Gasteiger partial charge in [-0.15, -0.1) is 6.58 Å². The van der Waals surface area contributed by atoms with Gasteiger partial charge in [-0.3, -0.25) is 19.1 Å². The zero-order chi connectivity index (χ0) is 39.2. The topological polar surface area (TPSA) is 178 Å². The molecule has 0 bridgehead atoms. The number of sulfonamides is 1. The van der Waals surface area contributed by atoms with E-state index in [0.29, 0.717) is 40.1 Å². The predicted molar refractivity (Wildman–Crippen MR) is 195 cm³/mol. The van der Waals surface area contributed by atoms with Crippen molar-refractivity contribution in [2.75, 3.05) is 19.0 Å². The SMILES string of the molecule is C=C[C@@H]1C[C@]1(NC(=O)[C@@H]1C[C@@H](Oc2ncc(OC)c3ccc(Cl)cc23)CN1C(=O)C(Nc1ccc(OC(F)F)nc1)C(C)(C)C)C(=O)NS(=O)(=O)C1CC1. The van der Waals surface area contributed by atoms with Crippen LogP contribution in [0.2, 0.25) is 5.02 Å². The number of methoxy groups -OCH3 is 1. The molecule has 1 saturated heterocycles. The number of hydrogen-bond acceptors (Lipinski definition) is 11. The Morgan fingerprint density at radius 2 is 1.85 bits per heavy atom. The van der Waals surface area contributed by atoms with Gasteiger partial charge in [-0.25, -0.2) is 18.4 Å². The van der Waals surface area contributed by atoms with Crippen LogP contribution in [0.1, 0.15) is 46.5 Å². The molecular formula is C36H41ClF2N6O8S. The number of nitrogens with zero attached hydrogens (tertiary/aromatic N) is 3. The van der Waals surface area contributed by atoms with Gasteiger partial charge in [0.25, 0.3) is 5.91 Å². The number of pyridine rings is 2. The summed E-state index contributed by atoms with van der Waals surface area (Å²) in [6.07, 6.45) is 4.38. The van der Waals surface area contributed by atoms with E-state index in [-0.39, 0.29) is 31.1 Å². The number of carbonyl (C=O) groups excluding carboxylic acids is 3. The highest BCUT2D eigenvalue weighted by molar-refractivity contribution is 7.91. The average molecular weight is 791 g/mol. The van der Waals surface area contributed by atoms with E-state index in [4.69, 9.17) is 21.1 Å². The second-order valence-electron chi connectivity index (χ2n) is 14.7. The van der Waals surface area contributed by atoms with Crippen molar-refractivity contribution in [1.82, 2.24) is 24.9 Å². The maximum Gasteiger partial charge on any atom is 0.388 e. The number of benzene rings is 1. The Balaban J connectivity index is 1.31. The van der Waals surface area contributed by atoms with Crippen molar-refractivity contribution in [3.05, 3.63) is 60.4 Å². The Morgan fingerprint density at radius 1 is 1.11 bits per heavy atom. The summed E-state index contributed by atoms with van der Waals surface area (Å²) < 4.78 is 69.2. The van der Waals surface area contributed by atoms with E-state index in [1.807, 2.05) is 0 Å². The van der Waals surface area contributed by atoms with Crippen LogP contribution in [0.25, 0.3) is 10.8 Å². The summed E-state index contributed by atoms with van der Waals surface area (Å²) in [7, 11) is -2.43. The monoisotopic (exact) mass is 790 g/mol. The second-order valence-corrected chi connectivity index (χ2v) is 17.1. The number of fused-ring (bicyclic) bond motifs is 1. The number of rotatable bonds is 14. The molecule has 1 unspecified atom stereocenters. The van der Waals surface area contributed by atoms with Crippen LogP contribution in [0.15, 0.2) is 55.4 Å². The molecule has 6 rings (SSSR count). The van der Waals surface area contributed by atoms with Crippen LogP contribution in [0.5, 0.6) is 17.5 Å². The molecule has 3 aliphatic rings. The highest BCUT2D eigenvalue weighted by Crippen LogP contribution is 2.46. The molecule has 3 N–H and O–H groups in total. The summed E-state index contributed by atoms with van der Waals surface area (Å²) in [4.78, 5) is 52.1. The van der Waals surface area contributed by atoms with Crippen molar-refractivity contribution in [2.24, 2.45) is 11.3 Å². The third-order valence-corrected chi connectivity index (χ3v) is 11.8. The fourth-order valence-corrected chi connectivity index (χ4v) is 8.12. The number of ether oxygens (including phenoxy) is 3. The van der Waals surface area contributed by atoms with Crippen molar-refractivity contribution >= 4 is 55.8 Å². The minimum absolute atomic E-state index is 0.0255. The van der Waals surface area contributed by atoms with Crippen LogP contribution in [0.3, 0.4) is 0 Å². The summed E-state index contributed by atoms with van der Waals surface area (Å²) in [6.45, 7) is 6.02. The number of halogens is 3. The highest BCUT2D eigenvalue weighted by Gasteiger charge is 2.62. The van der Waals surface area contributed by atoms with Crippen molar-refractivity contribution in [1.29, 1.82) is 0 Å². The molecule has 54 heavy (non-hydrogen) atoms. The van der Waals surface area contributed by atoms with Crippen LogP contribution in [-0.2, 0) is 24.4 Å². The Labute approximate surface area is 316 Å². The zero-order valence-electron chi connectivity index (χ0n) is 30.0. The van der Waals surface area contributed by atoms with Crippen LogP contribution in [0.4, 0.5) is 14.5 Å². The van der Waals surface area contributed by atoms with Gasteiger partial charge in [0.15, 0.2) is 0 Å². The number of nitrogens with one attached hydrogen (secondary N) is 3. The van der Waals surface area contributed by atoms with E-state index >= 15 is 0 Å². The van der Waals surface area contributed by atoms with E-state index in [1.165, 1.54) is 42.6 Å². The molecule has 2 aliphatic carbocycles. The van der Waals surface area contributed by atoms with E-state index in [2.05, 4.69) is 36.6 Å². The first-order chi connectivity index (χ1) is 25.4. The van der Waals surface area contributed by atoms with Crippen LogP contribution in [-0.4, -0.2) is 90.2 Å². The lowest BCUT2D eigenvalue weighted by Crippen LogP contribution is -2.58. The van der Waals surface area contributed by atoms with Gasteiger partial charge < -0.3 is 29.7 Å². The van der Waals surface area contributed by atoms with Crippen LogP contribution < -0.4 is 29.6 Å². The molecule has 2 aromatic heterocycles. The van der Waals surface area contributed by atoms with Crippen molar-refractivity contribution in [3.63, 3.8) is 0 Å². The summed E-state index contributed by atoms with van der Waals surface area (Å²) >= 11 is 6.33. The molecular weight excluding hydrogens is 750 g/mol. The van der Waals surface area contributed by atoms with Crippen molar-refractivity contribution in [2.45, 2.75) is 82.0 Å². The largest absolute Gasteiger partial charge is 0.494 e. The first-order valence-corrected chi connectivity index (χ1v) is 19.2. The molecule has 290 valence electrons. The Bertz CT molecular complexity index is 2060. The van der Waals surface area contributed by atoms with Gasteiger partial charge in [0.05, 0.1) is 37.0 Å². The minimum Gasteiger partial charge on any atom is -0.494 e. The smallest absolute Gasteiger partial charge is 0.388 e. The molecule has 3 fully saturated rings. The second kappa shape index (κ2) is 14.8. The molecule has 18 heteroatoms. The lowest BCUT2D eigenvalue weighted by molar-refractivity contribution is -0.141. The van der Waals surface area contributed by atoms with Crippen LogP contribution >= 0.6 is 11.6 Å². The van der Waals surface area contributed by atoms with Gasteiger partial charge >= 0.3 is 6.61 Å².